The lowest BCUT2D eigenvalue weighted by Crippen LogP contribution is -2.07. The van der Waals surface area contributed by atoms with Gasteiger partial charge in [0, 0.05) is 24.0 Å². The first kappa shape index (κ1) is 17.4. The predicted octanol–water partition coefficient (Wildman–Crippen LogP) is 5.65. The Morgan fingerprint density at radius 3 is 2.54 bits per heavy atom. The van der Waals surface area contributed by atoms with Crippen molar-refractivity contribution in [1.29, 1.82) is 0 Å². The third-order valence-corrected chi connectivity index (χ3v) is 4.14. The van der Waals surface area contributed by atoms with E-state index in [9.17, 15) is 4.79 Å². The first-order chi connectivity index (χ1) is 12.7. The van der Waals surface area contributed by atoms with Gasteiger partial charge in [-0.3, -0.25) is 4.79 Å². The highest BCUT2D eigenvalue weighted by molar-refractivity contribution is 5.76. The molecule has 0 fully saturated rings. The van der Waals surface area contributed by atoms with Crippen LogP contribution in [-0.2, 0) is 0 Å². The molecule has 26 heavy (non-hydrogen) atoms. The summed E-state index contributed by atoms with van der Waals surface area (Å²) in [7, 11) is 0. The van der Waals surface area contributed by atoms with Crippen molar-refractivity contribution in [2.24, 2.45) is 0 Å². The number of nitrogens with zero attached hydrogens (tertiary/aromatic N) is 1. The van der Waals surface area contributed by atoms with Gasteiger partial charge in [0.05, 0.1) is 5.69 Å². The smallest absolute Gasteiger partial charge is 0.182 e. The molecule has 0 saturated heterocycles. The molecule has 3 aromatic rings. The molecule has 0 aliphatic rings. The Kier molecular flexibility index (Phi) is 5.45. The number of benzene rings is 2. The zero-order valence-electron chi connectivity index (χ0n) is 14.8. The summed E-state index contributed by atoms with van der Waals surface area (Å²) in [6.45, 7) is 5.91. The Hall–Kier alpha value is -3.39. The Bertz CT molecular complexity index is 1020. The maximum Gasteiger partial charge on any atom is 0.182 e. The van der Waals surface area contributed by atoms with E-state index in [1.807, 2.05) is 84.5 Å². The summed E-state index contributed by atoms with van der Waals surface area (Å²) in [5.74, 6) is 0. The summed E-state index contributed by atoms with van der Waals surface area (Å²) < 4.78 is 2.04. The second-order valence-electron chi connectivity index (χ2n) is 5.89. The third-order valence-electron chi connectivity index (χ3n) is 4.14. The van der Waals surface area contributed by atoms with Gasteiger partial charge in [0.2, 0.25) is 0 Å². The van der Waals surface area contributed by atoms with E-state index in [0.29, 0.717) is 0 Å². The molecule has 0 unspecified atom stereocenters. The van der Waals surface area contributed by atoms with Gasteiger partial charge >= 0.3 is 0 Å². The fourth-order valence-corrected chi connectivity index (χ4v) is 2.85. The predicted molar refractivity (Wildman–Crippen MR) is 110 cm³/mol. The quantitative estimate of drug-likeness (QED) is 0.551. The summed E-state index contributed by atoms with van der Waals surface area (Å²) >= 11 is 0. The molecule has 0 aliphatic carbocycles. The van der Waals surface area contributed by atoms with Crippen LogP contribution in [0.15, 0.2) is 109 Å². The fourth-order valence-electron chi connectivity index (χ4n) is 2.85. The van der Waals surface area contributed by atoms with Crippen LogP contribution >= 0.6 is 0 Å². The molecule has 2 aromatic carbocycles. The van der Waals surface area contributed by atoms with Gasteiger partial charge in [-0.25, -0.2) is 0 Å². The van der Waals surface area contributed by atoms with Crippen molar-refractivity contribution >= 4 is 5.57 Å². The average Bonchev–Trinajstić information content (AvgIpc) is 2.69. The average molecular weight is 339 g/mol. The normalized spacial score (nSPS) is 11.7. The maximum atomic E-state index is 11.9. The molecule has 3 rings (SSSR count). The summed E-state index contributed by atoms with van der Waals surface area (Å²) in [5.41, 5.74) is 4.99. The van der Waals surface area contributed by atoms with E-state index < -0.39 is 0 Å². The molecule has 2 nitrogen and oxygen atoms in total. The molecular weight excluding hydrogens is 318 g/mol. The maximum absolute atomic E-state index is 11.9. The van der Waals surface area contributed by atoms with Gasteiger partial charge in [-0.15, -0.1) is 0 Å². The lowest BCUT2D eigenvalue weighted by Gasteiger charge is -2.15. The van der Waals surface area contributed by atoms with Crippen molar-refractivity contribution in [1.82, 2.24) is 4.57 Å². The molecule has 0 bridgehead atoms. The topological polar surface area (TPSA) is 22.0 Å². The van der Waals surface area contributed by atoms with Crippen LogP contribution in [0, 0.1) is 0 Å². The fraction of sp³-hybridized carbons (Fsp3) is 0.0417. The van der Waals surface area contributed by atoms with Crippen LogP contribution in [0.25, 0.3) is 22.5 Å². The Labute approximate surface area is 154 Å². The van der Waals surface area contributed by atoms with Crippen LogP contribution in [0.1, 0.15) is 12.5 Å². The van der Waals surface area contributed by atoms with Crippen LogP contribution in [0.5, 0.6) is 0 Å². The van der Waals surface area contributed by atoms with E-state index in [-0.39, 0.29) is 5.43 Å². The van der Waals surface area contributed by atoms with Crippen LogP contribution in [-0.4, -0.2) is 4.57 Å². The lowest BCUT2D eigenvalue weighted by atomic mass is 10.0. The van der Waals surface area contributed by atoms with Crippen molar-refractivity contribution in [2.75, 3.05) is 0 Å². The van der Waals surface area contributed by atoms with Crippen molar-refractivity contribution in [3.63, 3.8) is 0 Å². The molecule has 2 heteroatoms. The van der Waals surface area contributed by atoms with Gasteiger partial charge in [0.1, 0.15) is 0 Å². The van der Waals surface area contributed by atoms with E-state index in [1.165, 1.54) is 0 Å². The molecule has 0 spiro atoms. The summed E-state index contributed by atoms with van der Waals surface area (Å²) in [6.07, 6.45) is 9.70. The van der Waals surface area contributed by atoms with Crippen LogP contribution in [0.3, 0.4) is 0 Å². The molecule has 0 amide bonds. The standard InChI is InChI=1S/C24H21NO/c1-3-5-10-19(4-2)21-13-9-14-22(17-21)25-16-15-23(26)18-24(25)20-11-7-6-8-12-20/h3-18H,2H2,1H3/b5-3-,19-10+. The second kappa shape index (κ2) is 8.13. The highest BCUT2D eigenvalue weighted by atomic mass is 16.1. The van der Waals surface area contributed by atoms with Crippen LogP contribution in [0.4, 0.5) is 0 Å². The van der Waals surface area contributed by atoms with Crippen molar-refractivity contribution in [3.05, 3.63) is 120 Å². The molecule has 0 saturated carbocycles. The summed E-state index contributed by atoms with van der Waals surface area (Å²) in [4.78, 5) is 11.9. The minimum atomic E-state index is -0.00369. The van der Waals surface area contributed by atoms with E-state index >= 15 is 0 Å². The van der Waals surface area contributed by atoms with E-state index in [0.717, 1.165) is 28.1 Å². The van der Waals surface area contributed by atoms with Gasteiger partial charge in [-0.05, 0) is 35.8 Å². The summed E-state index contributed by atoms with van der Waals surface area (Å²) in [5, 5.41) is 0. The largest absolute Gasteiger partial charge is 0.316 e. The highest BCUT2D eigenvalue weighted by Gasteiger charge is 2.07. The number of rotatable bonds is 5. The molecule has 1 heterocycles. The molecule has 0 N–H and O–H groups in total. The van der Waals surface area contributed by atoms with E-state index in [4.69, 9.17) is 0 Å². The van der Waals surface area contributed by atoms with Crippen molar-refractivity contribution in [2.45, 2.75) is 6.92 Å². The van der Waals surface area contributed by atoms with Gasteiger partial charge in [0.15, 0.2) is 5.43 Å². The SMILES string of the molecule is C=C/C(=C\C=C/C)c1cccc(-n2ccc(=O)cc2-c2ccccc2)c1. The van der Waals surface area contributed by atoms with Crippen molar-refractivity contribution < 1.29 is 0 Å². The highest BCUT2D eigenvalue weighted by Crippen LogP contribution is 2.24. The Balaban J connectivity index is 2.15. The van der Waals surface area contributed by atoms with Gasteiger partial charge < -0.3 is 4.57 Å². The first-order valence-electron chi connectivity index (χ1n) is 8.57. The Morgan fingerprint density at radius 2 is 1.81 bits per heavy atom. The number of hydrogen-bond acceptors (Lipinski definition) is 1. The number of aromatic nitrogens is 1. The third kappa shape index (κ3) is 3.81. The number of hydrogen-bond donors (Lipinski definition) is 0. The minimum absolute atomic E-state index is 0.00369. The zero-order chi connectivity index (χ0) is 18.4. The second-order valence-corrected chi connectivity index (χ2v) is 5.89. The van der Waals surface area contributed by atoms with Gasteiger partial charge in [-0.1, -0.05) is 73.3 Å². The van der Waals surface area contributed by atoms with Crippen molar-refractivity contribution in [3.8, 4) is 16.9 Å². The molecular formula is C24H21NO. The lowest BCUT2D eigenvalue weighted by molar-refractivity contribution is 1.05. The van der Waals surface area contributed by atoms with Crippen LogP contribution < -0.4 is 5.43 Å². The molecule has 0 radical (unpaired) electrons. The Morgan fingerprint density at radius 1 is 1.00 bits per heavy atom. The monoisotopic (exact) mass is 339 g/mol. The molecule has 1 aromatic heterocycles. The van der Waals surface area contributed by atoms with E-state index in [1.54, 1.807) is 12.1 Å². The number of allylic oxidation sites excluding steroid dienone is 5. The minimum Gasteiger partial charge on any atom is -0.316 e. The molecule has 0 aliphatic heterocycles. The molecule has 0 atom stereocenters. The summed E-state index contributed by atoms with van der Waals surface area (Å²) in [6, 6.07) is 21.4. The number of pyridine rings is 1. The molecule has 128 valence electrons. The first-order valence-corrected chi connectivity index (χ1v) is 8.57. The van der Waals surface area contributed by atoms with Gasteiger partial charge in [-0.2, -0.15) is 0 Å². The van der Waals surface area contributed by atoms with Crippen LogP contribution in [0.2, 0.25) is 0 Å². The zero-order valence-corrected chi connectivity index (χ0v) is 14.8. The van der Waals surface area contributed by atoms with Gasteiger partial charge in [0.25, 0.3) is 0 Å². The van der Waals surface area contributed by atoms with E-state index in [2.05, 4.69) is 18.7 Å².